The number of nitro benzene ring substituents is 1. The Morgan fingerprint density at radius 3 is 2.48 bits per heavy atom. The van der Waals surface area contributed by atoms with E-state index in [1.807, 2.05) is 42.6 Å². The number of non-ortho nitro benzene ring substituents is 1. The summed E-state index contributed by atoms with van der Waals surface area (Å²) < 4.78 is 0. The van der Waals surface area contributed by atoms with Crippen LogP contribution >= 0.6 is 11.3 Å². The lowest BCUT2D eigenvalue weighted by molar-refractivity contribution is -0.384. The van der Waals surface area contributed by atoms with Gasteiger partial charge in [0.05, 0.1) is 17.0 Å². The molecule has 6 nitrogen and oxygen atoms in total. The van der Waals surface area contributed by atoms with Gasteiger partial charge in [-0.1, -0.05) is 49.4 Å². The molecule has 3 aromatic rings. The molecule has 0 spiro atoms. The fourth-order valence-corrected chi connectivity index (χ4v) is 3.78. The number of amides is 1. The van der Waals surface area contributed by atoms with E-state index in [1.165, 1.54) is 23.5 Å². The first-order valence-corrected chi connectivity index (χ1v) is 10.3. The van der Waals surface area contributed by atoms with Crippen molar-refractivity contribution < 1.29 is 9.72 Å². The minimum Gasteiger partial charge on any atom is -0.288 e. The zero-order valence-corrected chi connectivity index (χ0v) is 17.0. The third kappa shape index (κ3) is 5.71. The second-order valence-corrected chi connectivity index (χ2v) is 7.37. The summed E-state index contributed by atoms with van der Waals surface area (Å²) in [5, 5.41) is 13.5. The molecule has 1 aromatic heterocycles. The van der Waals surface area contributed by atoms with E-state index in [-0.39, 0.29) is 11.6 Å². The van der Waals surface area contributed by atoms with Gasteiger partial charge in [0.25, 0.3) is 5.69 Å². The lowest BCUT2D eigenvalue weighted by atomic mass is 10.1. The molecule has 2 aromatic carbocycles. The van der Waals surface area contributed by atoms with Crippen molar-refractivity contribution in [3.8, 4) is 0 Å². The largest absolute Gasteiger partial charge is 0.288 e. The molecule has 7 heteroatoms. The Kier molecular flexibility index (Phi) is 7.08. The van der Waals surface area contributed by atoms with Gasteiger partial charge in [0.1, 0.15) is 0 Å². The van der Waals surface area contributed by atoms with E-state index in [1.54, 1.807) is 23.5 Å². The van der Waals surface area contributed by atoms with E-state index >= 15 is 0 Å². The van der Waals surface area contributed by atoms with Crippen LogP contribution in [0, 0.1) is 16.5 Å². The third-order valence-corrected chi connectivity index (χ3v) is 5.44. The normalized spacial score (nSPS) is 10.7. The van der Waals surface area contributed by atoms with Crippen LogP contribution in [0.4, 0.5) is 10.8 Å². The Morgan fingerprint density at radius 2 is 1.86 bits per heavy atom. The van der Waals surface area contributed by atoms with Crippen molar-refractivity contribution >= 4 is 28.1 Å². The topological polar surface area (TPSA) is 76.3 Å². The maximum absolute atomic E-state index is 12.9. The fourth-order valence-electron chi connectivity index (χ4n) is 2.84. The average Bonchev–Trinajstić information content (AvgIpc) is 3.22. The van der Waals surface area contributed by atoms with Gasteiger partial charge in [-0.05, 0) is 30.4 Å². The number of rotatable bonds is 9. The summed E-state index contributed by atoms with van der Waals surface area (Å²) in [6, 6.07) is 16.3. The van der Waals surface area contributed by atoms with Crippen LogP contribution in [0.2, 0.25) is 0 Å². The first-order valence-electron chi connectivity index (χ1n) is 9.43. The van der Waals surface area contributed by atoms with Crippen molar-refractivity contribution in [1.29, 1.82) is 0 Å². The van der Waals surface area contributed by atoms with E-state index in [4.69, 9.17) is 0 Å². The Morgan fingerprint density at radius 1 is 1.14 bits per heavy atom. The van der Waals surface area contributed by atoms with Crippen LogP contribution in [-0.2, 0) is 24.1 Å². The molecule has 1 heterocycles. The molecular weight excluding hydrogens is 386 g/mol. The zero-order chi connectivity index (χ0) is 20.6. The van der Waals surface area contributed by atoms with Crippen molar-refractivity contribution in [2.75, 3.05) is 11.4 Å². The summed E-state index contributed by atoms with van der Waals surface area (Å²) >= 11 is 1.46. The summed E-state index contributed by atoms with van der Waals surface area (Å²) in [7, 11) is 0. The molecule has 0 aliphatic rings. The molecule has 0 saturated heterocycles. The van der Waals surface area contributed by atoms with Crippen molar-refractivity contribution in [2.45, 2.75) is 26.2 Å². The monoisotopic (exact) mass is 408 g/mol. The minimum absolute atomic E-state index is 0.0605. The number of benzene rings is 2. The van der Waals surface area contributed by atoms with Crippen LogP contribution in [0.5, 0.6) is 0 Å². The van der Waals surface area contributed by atoms with E-state index in [9.17, 15) is 14.9 Å². The molecule has 1 amide bonds. The molecule has 0 atom stereocenters. The van der Waals surface area contributed by atoms with Crippen LogP contribution < -0.4 is 4.90 Å². The van der Waals surface area contributed by atoms with Crippen molar-refractivity contribution in [1.82, 2.24) is 4.98 Å². The highest BCUT2D eigenvalue weighted by Gasteiger charge is 2.19. The highest BCUT2D eigenvalue weighted by molar-refractivity contribution is 7.14. The van der Waals surface area contributed by atoms with E-state index < -0.39 is 4.92 Å². The minimum atomic E-state index is -0.417. The van der Waals surface area contributed by atoms with Crippen molar-refractivity contribution in [3.63, 3.8) is 0 Å². The molecule has 0 bridgehead atoms. The number of nitrogens with zero attached hydrogens (tertiary/aromatic N) is 3. The van der Waals surface area contributed by atoms with Crippen LogP contribution in [0.15, 0.2) is 60.0 Å². The van der Waals surface area contributed by atoms with Gasteiger partial charge in [0.2, 0.25) is 5.91 Å². The summed E-state index contributed by atoms with van der Waals surface area (Å²) in [5.74, 6) is -0.0900. The molecule has 3 rings (SSSR count). The lowest BCUT2D eigenvalue weighted by Crippen LogP contribution is -2.33. The van der Waals surface area contributed by atoms with E-state index in [2.05, 4.69) is 4.98 Å². The number of nitro groups is 1. The van der Waals surface area contributed by atoms with Gasteiger partial charge in [0.15, 0.2) is 5.13 Å². The Bertz CT molecular complexity index is 955. The molecule has 0 fully saturated rings. The number of hydrogen-bond donors (Lipinski definition) is 0. The van der Waals surface area contributed by atoms with Crippen molar-refractivity contribution in [3.05, 3.63) is 93.3 Å². The molecular formula is C22H22N3O3S. The smallest absolute Gasteiger partial charge is 0.269 e. The Balaban J connectivity index is 1.70. The number of aromatic nitrogens is 1. The van der Waals surface area contributed by atoms with Crippen LogP contribution in [-0.4, -0.2) is 22.4 Å². The number of anilines is 1. The van der Waals surface area contributed by atoms with Gasteiger partial charge in [0, 0.05) is 24.1 Å². The molecule has 0 N–H and O–H groups in total. The second kappa shape index (κ2) is 9.93. The Labute approximate surface area is 174 Å². The van der Waals surface area contributed by atoms with Crippen LogP contribution in [0.1, 0.15) is 23.7 Å². The standard InChI is InChI=1S/C22H22N3O3S/c1-2-19-16-29-22(23-19)24(21(26)13-10-17-6-4-3-5-7-17)15-14-18-8-11-20(12-9-18)25(27)28/h3-9,11-13,16H,2,10,14-15H2,1H3. The quantitative estimate of drug-likeness (QED) is 0.382. The first-order chi connectivity index (χ1) is 14.1. The molecule has 29 heavy (non-hydrogen) atoms. The molecule has 1 radical (unpaired) electrons. The Hall–Kier alpha value is -3.06. The van der Waals surface area contributed by atoms with Gasteiger partial charge >= 0.3 is 0 Å². The predicted molar refractivity (Wildman–Crippen MR) is 115 cm³/mol. The van der Waals surface area contributed by atoms with Crippen LogP contribution in [0.25, 0.3) is 0 Å². The maximum atomic E-state index is 12.9. The van der Waals surface area contributed by atoms with Crippen molar-refractivity contribution in [2.24, 2.45) is 0 Å². The third-order valence-electron chi connectivity index (χ3n) is 4.53. The van der Waals surface area contributed by atoms with Gasteiger partial charge in [-0.15, -0.1) is 11.3 Å². The van der Waals surface area contributed by atoms with E-state index in [0.717, 1.165) is 23.2 Å². The summed E-state index contributed by atoms with van der Waals surface area (Å²) in [6.45, 7) is 2.49. The number of hydrogen-bond acceptors (Lipinski definition) is 5. The fraction of sp³-hybridized carbons (Fsp3) is 0.227. The zero-order valence-electron chi connectivity index (χ0n) is 16.2. The summed E-state index contributed by atoms with van der Waals surface area (Å²) in [4.78, 5) is 29.6. The molecule has 0 saturated carbocycles. The number of aryl methyl sites for hydroxylation is 1. The van der Waals surface area contributed by atoms with Crippen LogP contribution in [0.3, 0.4) is 0 Å². The van der Waals surface area contributed by atoms with Gasteiger partial charge in [-0.3, -0.25) is 19.8 Å². The molecule has 0 aliphatic heterocycles. The summed E-state index contributed by atoms with van der Waals surface area (Å²) in [5.41, 5.74) is 3.03. The molecule has 0 unspecified atom stereocenters. The SMILES string of the molecule is CCc1csc(N(CCc2ccc([N+](=O)[O-])cc2)C(=O)[CH]Cc2ccccc2)n1. The van der Waals surface area contributed by atoms with Gasteiger partial charge in [-0.25, -0.2) is 4.98 Å². The molecule has 0 aliphatic carbocycles. The molecule has 149 valence electrons. The second-order valence-electron chi connectivity index (χ2n) is 6.53. The summed E-state index contributed by atoms with van der Waals surface area (Å²) in [6.07, 6.45) is 3.64. The number of carbonyl (C=O) groups excluding carboxylic acids is 1. The lowest BCUT2D eigenvalue weighted by Gasteiger charge is -2.20. The highest BCUT2D eigenvalue weighted by atomic mass is 32.1. The average molecular weight is 409 g/mol. The van der Waals surface area contributed by atoms with E-state index in [0.29, 0.717) is 24.5 Å². The highest BCUT2D eigenvalue weighted by Crippen LogP contribution is 2.23. The maximum Gasteiger partial charge on any atom is 0.269 e. The number of carbonyl (C=O) groups is 1. The first kappa shape index (κ1) is 20.7. The number of thiazole rings is 1. The predicted octanol–water partition coefficient (Wildman–Crippen LogP) is 4.64. The van der Waals surface area contributed by atoms with Gasteiger partial charge in [-0.2, -0.15) is 0 Å². The van der Waals surface area contributed by atoms with Gasteiger partial charge < -0.3 is 0 Å².